The molecule has 1 amide bonds. The number of amides is 1. The highest BCUT2D eigenvalue weighted by Crippen LogP contribution is 2.21. The minimum Gasteiger partial charge on any atom is -0.444 e. The summed E-state index contributed by atoms with van der Waals surface area (Å²) in [5, 5.41) is 3.47. The Morgan fingerprint density at radius 3 is 2.33 bits per heavy atom. The molecule has 0 saturated heterocycles. The van der Waals surface area contributed by atoms with E-state index in [9.17, 15) is 9.18 Å². The van der Waals surface area contributed by atoms with Gasteiger partial charge >= 0.3 is 6.09 Å². The normalized spacial score (nSPS) is 12.2. The van der Waals surface area contributed by atoms with Gasteiger partial charge in [-0.15, -0.1) is 0 Å². The fourth-order valence-electron chi connectivity index (χ4n) is 1.61. The Morgan fingerprint density at radius 2 is 1.86 bits per heavy atom. The third-order valence-electron chi connectivity index (χ3n) is 2.37. The topological polar surface area (TPSA) is 38.3 Å². The fourth-order valence-corrected chi connectivity index (χ4v) is 2.19. The molecule has 0 aliphatic heterocycles. The van der Waals surface area contributed by atoms with Crippen molar-refractivity contribution >= 4 is 29.3 Å². The van der Waals surface area contributed by atoms with Crippen molar-refractivity contribution in [2.45, 2.75) is 32.8 Å². The number of benzene rings is 1. The fraction of sp³-hybridized carbons (Fsp3) is 0.400. The second-order valence-electron chi connectivity index (χ2n) is 5.58. The van der Waals surface area contributed by atoms with Crippen LogP contribution in [0.3, 0.4) is 0 Å². The summed E-state index contributed by atoms with van der Waals surface area (Å²) in [4.78, 5) is 11.5. The second kappa shape index (κ2) is 7.66. The minimum absolute atomic E-state index is 0.0511. The maximum absolute atomic E-state index is 12.9. The van der Waals surface area contributed by atoms with Gasteiger partial charge in [-0.2, -0.15) is 0 Å². The summed E-state index contributed by atoms with van der Waals surface area (Å²) in [6.45, 7) is 5.32. The molecule has 1 aromatic carbocycles. The van der Waals surface area contributed by atoms with Gasteiger partial charge < -0.3 is 10.1 Å². The lowest BCUT2D eigenvalue weighted by Crippen LogP contribution is -2.33. The zero-order valence-electron chi connectivity index (χ0n) is 12.2. The average molecular weight is 334 g/mol. The number of alkyl carbamates (subject to hydrolysis) is 1. The Kier molecular flexibility index (Phi) is 6.49. The SMILES string of the molecule is CC(C)(C)OC(=O)NCC(=CF)Cc1cc(Cl)cc(Cl)c1. The highest BCUT2D eigenvalue weighted by molar-refractivity contribution is 6.34. The van der Waals surface area contributed by atoms with Crippen LogP contribution in [-0.2, 0) is 11.2 Å². The van der Waals surface area contributed by atoms with E-state index in [-0.39, 0.29) is 6.54 Å². The summed E-state index contributed by atoms with van der Waals surface area (Å²) >= 11 is 11.8. The smallest absolute Gasteiger partial charge is 0.407 e. The van der Waals surface area contributed by atoms with Crippen LogP contribution in [0.1, 0.15) is 26.3 Å². The van der Waals surface area contributed by atoms with Crippen LogP contribution in [0.15, 0.2) is 30.1 Å². The molecule has 0 spiro atoms. The summed E-state index contributed by atoms with van der Waals surface area (Å²) in [5.41, 5.74) is 0.561. The van der Waals surface area contributed by atoms with Gasteiger partial charge in [0.1, 0.15) is 5.60 Å². The summed E-state index contributed by atoms with van der Waals surface area (Å²) in [5.74, 6) is 0. The van der Waals surface area contributed by atoms with Crippen LogP contribution in [0.4, 0.5) is 9.18 Å². The molecule has 1 rings (SSSR count). The Bertz CT molecular complexity index is 519. The quantitative estimate of drug-likeness (QED) is 0.849. The van der Waals surface area contributed by atoms with Crippen molar-refractivity contribution in [2.24, 2.45) is 0 Å². The molecular weight excluding hydrogens is 316 g/mol. The summed E-state index contributed by atoms with van der Waals surface area (Å²) in [7, 11) is 0. The monoisotopic (exact) mass is 333 g/mol. The number of halogens is 3. The third-order valence-corrected chi connectivity index (χ3v) is 2.80. The van der Waals surface area contributed by atoms with Gasteiger partial charge in [0.25, 0.3) is 0 Å². The molecule has 1 N–H and O–H groups in total. The maximum atomic E-state index is 12.9. The van der Waals surface area contributed by atoms with Crippen LogP contribution in [0.25, 0.3) is 0 Å². The Morgan fingerprint density at radius 1 is 1.29 bits per heavy atom. The predicted octanol–water partition coefficient (Wildman–Crippen LogP) is 4.91. The molecule has 0 fully saturated rings. The number of hydrogen-bond acceptors (Lipinski definition) is 2. The number of nitrogens with one attached hydrogen (secondary N) is 1. The maximum Gasteiger partial charge on any atom is 0.407 e. The van der Waals surface area contributed by atoms with Gasteiger partial charge in [-0.1, -0.05) is 23.2 Å². The Labute approximate surface area is 134 Å². The van der Waals surface area contributed by atoms with E-state index in [1.165, 1.54) is 0 Å². The van der Waals surface area contributed by atoms with Crippen molar-refractivity contribution in [3.63, 3.8) is 0 Å². The molecule has 0 radical (unpaired) electrons. The van der Waals surface area contributed by atoms with Gasteiger partial charge in [0, 0.05) is 16.6 Å². The lowest BCUT2D eigenvalue weighted by atomic mass is 10.1. The standard InChI is InChI=1S/C15H18Cl2FNO2/c1-15(2,3)21-14(20)19-9-11(8-18)4-10-5-12(16)7-13(17)6-10/h5-8H,4,9H2,1-3H3,(H,19,20). The molecular formula is C15H18Cl2FNO2. The van der Waals surface area contributed by atoms with Gasteiger partial charge in [0.2, 0.25) is 0 Å². The van der Waals surface area contributed by atoms with E-state index in [1.54, 1.807) is 39.0 Å². The van der Waals surface area contributed by atoms with Gasteiger partial charge in [0.05, 0.1) is 6.33 Å². The van der Waals surface area contributed by atoms with E-state index < -0.39 is 11.7 Å². The molecule has 0 unspecified atom stereocenters. The highest BCUT2D eigenvalue weighted by atomic mass is 35.5. The number of carbonyl (C=O) groups excluding carboxylic acids is 1. The molecule has 21 heavy (non-hydrogen) atoms. The first-order valence-corrected chi connectivity index (χ1v) is 7.15. The number of hydrogen-bond donors (Lipinski definition) is 1. The molecule has 116 valence electrons. The van der Waals surface area contributed by atoms with Crippen LogP contribution in [0.2, 0.25) is 10.0 Å². The number of rotatable bonds is 4. The van der Waals surface area contributed by atoms with Crippen molar-refractivity contribution < 1.29 is 13.9 Å². The third kappa shape index (κ3) is 7.34. The van der Waals surface area contributed by atoms with Crippen LogP contribution >= 0.6 is 23.2 Å². The van der Waals surface area contributed by atoms with E-state index >= 15 is 0 Å². The van der Waals surface area contributed by atoms with Gasteiger partial charge in [-0.05, 0) is 56.5 Å². The first-order valence-electron chi connectivity index (χ1n) is 6.39. The minimum atomic E-state index is -0.593. The van der Waals surface area contributed by atoms with Gasteiger partial charge in [-0.3, -0.25) is 0 Å². The molecule has 0 heterocycles. The van der Waals surface area contributed by atoms with Crippen molar-refractivity contribution in [2.75, 3.05) is 6.54 Å². The van der Waals surface area contributed by atoms with Crippen LogP contribution in [0, 0.1) is 0 Å². The molecule has 0 atom stereocenters. The Balaban J connectivity index is 2.59. The Hall–Kier alpha value is -1.26. The second-order valence-corrected chi connectivity index (χ2v) is 6.45. The van der Waals surface area contributed by atoms with Gasteiger partial charge in [-0.25, -0.2) is 9.18 Å². The van der Waals surface area contributed by atoms with Crippen molar-refractivity contribution in [3.8, 4) is 0 Å². The zero-order chi connectivity index (χ0) is 16.0. The zero-order valence-corrected chi connectivity index (χ0v) is 13.7. The molecule has 0 aliphatic carbocycles. The molecule has 0 bridgehead atoms. The molecule has 6 heteroatoms. The predicted molar refractivity (Wildman–Crippen MR) is 83.6 cm³/mol. The largest absolute Gasteiger partial charge is 0.444 e. The summed E-state index contributed by atoms with van der Waals surface area (Å²) in [6, 6.07) is 5.00. The molecule has 1 aromatic rings. The molecule has 0 aliphatic rings. The first kappa shape index (κ1) is 17.8. The van der Waals surface area contributed by atoms with Crippen LogP contribution < -0.4 is 5.32 Å². The van der Waals surface area contributed by atoms with E-state index in [0.717, 1.165) is 5.56 Å². The van der Waals surface area contributed by atoms with Crippen LogP contribution in [0.5, 0.6) is 0 Å². The van der Waals surface area contributed by atoms with E-state index in [2.05, 4.69) is 5.32 Å². The summed E-state index contributed by atoms with van der Waals surface area (Å²) in [6.07, 6.45) is 0.171. The molecule has 0 aromatic heterocycles. The molecule has 0 saturated carbocycles. The number of carbonyl (C=O) groups is 1. The van der Waals surface area contributed by atoms with E-state index in [0.29, 0.717) is 28.4 Å². The number of ether oxygens (including phenoxy) is 1. The van der Waals surface area contributed by atoms with Crippen molar-refractivity contribution in [3.05, 3.63) is 45.7 Å². The average Bonchev–Trinajstić information content (AvgIpc) is 2.31. The van der Waals surface area contributed by atoms with E-state index in [1.807, 2.05) is 0 Å². The lowest BCUT2D eigenvalue weighted by Gasteiger charge is -2.20. The van der Waals surface area contributed by atoms with Crippen LogP contribution in [-0.4, -0.2) is 18.2 Å². The highest BCUT2D eigenvalue weighted by Gasteiger charge is 2.16. The van der Waals surface area contributed by atoms with Crippen molar-refractivity contribution in [1.82, 2.24) is 5.32 Å². The first-order chi connectivity index (χ1) is 9.69. The van der Waals surface area contributed by atoms with Gasteiger partial charge in [0.15, 0.2) is 0 Å². The molecule has 3 nitrogen and oxygen atoms in total. The lowest BCUT2D eigenvalue weighted by molar-refractivity contribution is 0.0532. The summed E-state index contributed by atoms with van der Waals surface area (Å²) < 4.78 is 18.0. The van der Waals surface area contributed by atoms with Crippen molar-refractivity contribution in [1.29, 1.82) is 0 Å². The van der Waals surface area contributed by atoms with E-state index in [4.69, 9.17) is 27.9 Å².